The first-order chi connectivity index (χ1) is 50.0. The number of thioether (sulfide) groups is 4. The van der Waals surface area contributed by atoms with Crippen LogP contribution in [0, 0.1) is 5.41 Å². The van der Waals surface area contributed by atoms with Gasteiger partial charge >= 0.3 is 5.63 Å². The van der Waals surface area contributed by atoms with Crippen LogP contribution in [0.25, 0.3) is 44.7 Å². The summed E-state index contributed by atoms with van der Waals surface area (Å²) in [5.41, 5.74) is 10.7. The highest BCUT2D eigenvalue weighted by Crippen LogP contribution is 2.49. The number of para-hydroxylation sites is 4. The third-order valence-electron chi connectivity index (χ3n) is 18.7. The number of fused-ring (bicyclic) bond motifs is 4. The van der Waals surface area contributed by atoms with E-state index in [0.717, 1.165) is 90.2 Å². The molecule has 548 valence electrons. The van der Waals surface area contributed by atoms with Gasteiger partial charge in [0, 0.05) is 97.7 Å². The number of oxazole rings is 1. The molecule has 1 atom stereocenters. The van der Waals surface area contributed by atoms with Crippen LogP contribution < -0.4 is 35.5 Å². The van der Waals surface area contributed by atoms with E-state index in [0.29, 0.717) is 24.0 Å². The van der Waals surface area contributed by atoms with Gasteiger partial charge in [-0.1, -0.05) is 170 Å². The maximum Gasteiger partial charge on any atom is 0.361 e. The van der Waals surface area contributed by atoms with Crippen molar-refractivity contribution in [2.45, 2.75) is 121 Å². The van der Waals surface area contributed by atoms with Crippen LogP contribution in [0.4, 0.5) is 11.4 Å². The van der Waals surface area contributed by atoms with Gasteiger partial charge in [0.1, 0.15) is 28.3 Å². The Hall–Kier alpha value is -6.90. The number of benzene rings is 4. The first kappa shape index (κ1) is 78.2. The maximum atomic E-state index is 12.4. The molecule has 3 aromatic heterocycles. The molecule has 0 radical (unpaired) electrons. The first-order valence-electron chi connectivity index (χ1n) is 35.8. The van der Waals surface area contributed by atoms with Crippen molar-refractivity contribution in [2.75, 3.05) is 66.3 Å². The van der Waals surface area contributed by atoms with Gasteiger partial charge in [0.15, 0.2) is 13.1 Å². The minimum absolute atomic E-state index is 0.158. The van der Waals surface area contributed by atoms with Gasteiger partial charge < -0.3 is 32.8 Å². The molecule has 7 heterocycles. The van der Waals surface area contributed by atoms with Crippen LogP contribution in [-0.4, -0.2) is 107 Å². The fourth-order valence-electron chi connectivity index (χ4n) is 13.4. The second-order valence-electron chi connectivity index (χ2n) is 27.1. The average molecular weight is 1550 g/mol. The topological polar surface area (TPSA) is 170 Å². The fourth-order valence-corrected chi connectivity index (χ4v) is 20.9. The molecule has 0 bridgehead atoms. The average Bonchev–Trinajstić information content (AvgIpc) is 1.78. The van der Waals surface area contributed by atoms with Gasteiger partial charge in [-0.25, -0.2) is 26.2 Å². The number of anilines is 2. The molecule has 6 aliphatic rings. The molecular weight excluding hydrogens is 1460 g/mol. The van der Waals surface area contributed by atoms with Gasteiger partial charge in [-0.05, 0) is 160 Å². The Morgan fingerprint density at radius 2 is 1.28 bits per heavy atom. The summed E-state index contributed by atoms with van der Waals surface area (Å²) in [4.78, 5) is 21.9. The van der Waals surface area contributed by atoms with Crippen molar-refractivity contribution in [3.05, 3.63) is 233 Å². The molecule has 4 aromatic carbocycles. The van der Waals surface area contributed by atoms with E-state index in [-0.39, 0.29) is 24.0 Å². The predicted octanol–water partition coefficient (Wildman–Crippen LogP) is 15.8. The van der Waals surface area contributed by atoms with E-state index in [9.17, 15) is 30.7 Å². The second kappa shape index (κ2) is 36.1. The van der Waals surface area contributed by atoms with E-state index in [2.05, 4.69) is 211 Å². The molecule has 1 saturated heterocycles. The van der Waals surface area contributed by atoms with E-state index in [1.54, 1.807) is 46.9 Å². The number of aromatic nitrogens is 3. The Kier molecular flexibility index (Phi) is 27.2. The SMILES string of the molecule is CCCC[N+]1=C(C=CC=c2oc(=O)c(=C/C=C3/SCCN3CCCS(=O)(=O)[O-])n2C)SCC1.CCN1/C(=C\C2=CC(=C/C=C/c3sc4ccccc4[n+]3CCC(C)S(=O)(=O)[O-])/CC(C)(C)C2)Sc2ccccc21.CCN1C(=CC2=C/C(=C\C=C\c3sc4ccccc4[n+]3C)CCC2)Sc2ccccc21. The van der Waals surface area contributed by atoms with Crippen molar-refractivity contribution < 1.29 is 44.1 Å². The Labute approximate surface area is 638 Å². The number of allylic oxidation sites excluding steroid dienone is 14. The van der Waals surface area contributed by atoms with E-state index in [1.807, 2.05) is 81.9 Å². The molecule has 104 heavy (non-hydrogen) atoms. The zero-order chi connectivity index (χ0) is 73.5. The summed E-state index contributed by atoms with van der Waals surface area (Å²) < 4.78 is 83.3. The molecule has 0 spiro atoms. The van der Waals surface area contributed by atoms with E-state index < -0.39 is 31.1 Å². The van der Waals surface area contributed by atoms with Crippen molar-refractivity contribution in [1.82, 2.24) is 9.47 Å². The number of hydrogen-bond donors (Lipinski definition) is 0. The standard InChI is InChI=1S/C32H36N2O3S3.C27H27N2S2.C22H31N3O5S3/c1-5-33-26-12-6-8-14-28(26)39-31(33)20-25-19-24(21-32(3,4)22-25)11-10-16-30-34(18-17-23(2)40(35,36)37)27-13-7-9-15-29(27)38-30;1-3-29-23-14-5-7-16-25(23)31-27(29)19-21-12-8-10-20(18-21)11-9-17-26-28(2)22-13-4-6-15-24(22)30-26;1-3-4-11-24-13-15-31-20(24)8-5-7-19-23(2)18(22(26)30-19)9-10-21-25(14-16-32-21)12-6-17-33(27,28)29/h6-16,19-20,23H,5,17-18,21-22H2,1-4H3;4-7,9,11,13-19H,3,8,10,12H2,1-2H3;5,7-10H,3-4,6,11-17H2,1-2H3/q;+1;/b;;18-9?,21-10+. The summed E-state index contributed by atoms with van der Waals surface area (Å²) >= 11 is 10.7. The van der Waals surface area contributed by atoms with E-state index in [4.69, 9.17) is 4.42 Å². The van der Waals surface area contributed by atoms with Crippen molar-refractivity contribution in [3.8, 4) is 0 Å². The Morgan fingerprint density at radius 1 is 0.663 bits per heavy atom. The first-order valence-corrected chi connectivity index (χ1v) is 44.1. The smallest absolute Gasteiger partial charge is 0.361 e. The zero-order valence-corrected chi connectivity index (χ0v) is 67.1. The molecule has 0 amide bonds. The third-order valence-corrected chi connectivity index (χ3v) is 27.4. The lowest BCUT2D eigenvalue weighted by molar-refractivity contribution is -0.669. The van der Waals surface area contributed by atoms with Crippen LogP contribution in [0.3, 0.4) is 0 Å². The van der Waals surface area contributed by atoms with Crippen LogP contribution in [0.2, 0.25) is 0 Å². The summed E-state index contributed by atoms with van der Waals surface area (Å²) in [7, 11) is -4.57. The third kappa shape index (κ3) is 20.6. The van der Waals surface area contributed by atoms with Crippen LogP contribution in [-0.2, 0) is 40.9 Å². The van der Waals surface area contributed by atoms with Crippen LogP contribution >= 0.6 is 69.7 Å². The number of hydrogen-bond acceptors (Lipinski definition) is 17. The number of aryl methyl sites for hydroxylation is 2. The van der Waals surface area contributed by atoms with Crippen molar-refractivity contribution in [3.63, 3.8) is 0 Å². The summed E-state index contributed by atoms with van der Waals surface area (Å²) in [6.45, 7) is 18.6. The molecule has 4 aliphatic heterocycles. The molecule has 2 aliphatic carbocycles. The lowest BCUT2D eigenvalue weighted by Crippen LogP contribution is -2.37. The van der Waals surface area contributed by atoms with E-state index in [1.165, 1.54) is 100.0 Å². The molecule has 13 rings (SSSR count). The van der Waals surface area contributed by atoms with Crippen molar-refractivity contribution >= 4 is 151 Å². The zero-order valence-electron chi connectivity index (χ0n) is 60.6. The molecular formula is C81H94N7O8S8+. The Morgan fingerprint density at radius 3 is 1.95 bits per heavy atom. The Balaban J connectivity index is 0.000000158. The van der Waals surface area contributed by atoms with Gasteiger partial charge in [0.05, 0.1) is 57.7 Å². The lowest BCUT2D eigenvalue weighted by Gasteiger charge is -2.31. The fraction of sp³-hybridized carbons (Fsp3) is 0.358. The number of nitrogens with zero attached hydrogens (tertiary/aromatic N) is 7. The van der Waals surface area contributed by atoms with Crippen LogP contribution in [0.5, 0.6) is 0 Å². The number of rotatable bonds is 22. The molecule has 0 N–H and O–H groups in total. The molecule has 1 fully saturated rings. The normalized spacial score (nSPS) is 19.7. The van der Waals surface area contributed by atoms with Gasteiger partial charge in [0.2, 0.25) is 21.6 Å². The highest BCUT2D eigenvalue weighted by molar-refractivity contribution is 8.14. The maximum absolute atomic E-state index is 12.4. The summed E-state index contributed by atoms with van der Waals surface area (Å²) in [5, 5.41) is 6.65. The van der Waals surface area contributed by atoms with Crippen molar-refractivity contribution in [1.29, 1.82) is 0 Å². The minimum atomic E-state index is -4.30. The summed E-state index contributed by atoms with van der Waals surface area (Å²) in [5.74, 6) is 1.60. The summed E-state index contributed by atoms with van der Waals surface area (Å²) in [6, 6.07) is 34.0. The quantitative estimate of drug-likeness (QED) is 0.0463. The van der Waals surface area contributed by atoms with Crippen molar-refractivity contribution in [2.24, 2.45) is 19.5 Å². The summed E-state index contributed by atoms with van der Waals surface area (Å²) in [6.07, 6.45) is 40.5. The van der Waals surface area contributed by atoms with Gasteiger partial charge in [0.25, 0.3) is 10.0 Å². The highest BCUT2D eigenvalue weighted by atomic mass is 32.2. The van der Waals surface area contributed by atoms with Crippen LogP contribution in [0.15, 0.2) is 220 Å². The Bertz CT molecular complexity index is 5100. The predicted molar refractivity (Wildman–Crippen MR) is 438 cm³/mol. The largest absolute Gasteiger partial charge is 0.748 e. The lowest BCUT2D eigenvalue weighted by atomic mass is 9.75. The second-order valence-corrected chi connectivity index (χ2v) is 36.9. The molecule has 0 saturated carbocycles. The number of unbranched alkanes of at least 4 members (excludes halogenated alkanes) is 1. The van der Waals surface area contributed by atoms with Gasteiger partial charge in [-0.2, -0.15) is 9.13 Å². The monoisotopic (exact) mass is 1550 g/mol. The molecule has 15 nitrogen and oxygen atoms in total. The molecule has 1 unspecified atom stereocenters. The highest BCUT2D eigenvalue weighted by Gasteiger charge is 2.30. The van der Waals surface area contributed by atoms with Gasteiger partial charge in [-0.3, -0.25) is 0 Å². The number of thiazole rings is 2. The molecule has 7 aromatic rings. The van der Waals surface area contributed by atoms with E-state index >= 15 is 0 Å². The van der Waals surface area contributed by atoms with Crippen LogP contribution in [0.1, 0.15) is 109 Å². The molecule has 23 heteroatoms. The van der Waals surface area contributed by atoms with Gasteiger partial charge in [-0.15, -0.1) is 11.8 Å². The minimum Gasteiger partial charge on any atom is -0.748 e.